The number of aromatic nitrogens is 4. The van der Waals surface area contributed by atoms with Crippen molar-refractivity contribution in [3.63, 3.8) is 0 Å². The van der Waals surface area contributed by atoms with Crippen LogP contribution in [-0.4, -0.2) is 101 Å². The Hall–Kier alpha value is -6.44. The molecule has 4 heterocycles. The van der Waals surface area contributed by atoms with Crippen molar-refractivity contribution in [1.82, 2.24) is 29.3 Å². The Morgan fingerprint density at radius 1 is 1.02 bits per heavy atom. The molecule has 0 atom stereocenters. The molecule has 0 spiro atoms. The van der Waals surface area contributed by atoms with Crippen LogP contribution in [0.15, 0.2) is 51.5 Å². The number of methoxy groups -OCH3 is 1. The number of aryl methyl sites for hydroxylation is 2. The van der Waals surface area contributed by atoms with Crippen LogP contribution >= 0.6 is 11.3 Å². The number of nitrogens with one attached hydrogen (secondary N) is 1. The number of nitrogens with two attached hydrogens (primary N) is 2. The second kappa shape index (κ2) is 21.7. The Labute approximate surface area is 355 Å². The van der Waals surface area contributed by atoms with E-state index in [4.69, 9.17) is 34.1 Å². The molecule has 1 aliphatic rings. The third-order valence-corrected chi connectivity index (χ3v) is 10.5. The highest BCUT2D eigenvalue weighted by atomic mass is 32.1. The van der Waals surface area contributed by atoms with Crippen LogP contribution < -0.4 is 31.1 Å². The van der Waals surface area contributed by atoms with Crippen LogP contribution in [0.1, 0.15) is 82.3 Å². The molecule has 0 aliphatic carbocycles. The Balaban J connectivity index is 0.00000228. The minimum atomic E-state index is -0.612. The molecule has 1 fully saturated rings. The smallest absolute Gasteiger partial charge is 0.317 e. The molecule has 0 radical (unpaired) electrons. The molecule has 19 heteroatoms. The van der Waals surface area contributed by atoms with E-state index in [-0.39, 0.29) is 30.2 Å². The molecule has 61 heavy (non-hydrogen) atoms. The molecule has 1 saturated heterocycles. The fraction of sp³-hybridized carbons (Fsp3) is 0.381. The molecule has 0 bridgehead atoms. The van der Waals surface area contributed by atoms with Crippen molar-refractivity contribution < 1.29 is 42.6 Å². The van der Waals surface area contributed by atoms with E-state index in [0.717, 1.165) is 32.3 Å². The number of amides is 4. The van der Waals surface area contributed by atoms with Gasteiger partial charge in [0.15, 0.2) is 10.7 Å². The predicted molar refractivity (Wildman–Crippen MR) is 229 cm³/mol. The van der Waals surface area contributed by atoms with Crippen molar-refractivity contribution in [1.29, 1.82) is 0 Å². The van der Waals surface area contributed by atoms with E-state index in [1.54, 1.807) is 37.3 Å². The number of carbonyl (C=O) groups excluding carboxylic acids is 5. The number of aldehydes is 1. The lowest BCUT2D eigenvalue weighted by Gasteiger charge is -2.26. The Kier molecular flexibility index (Phi) is 16.2. The van der Waals surface area contributed by atoms with Gasteiger partial charge in [-0.15, -0.1) is 0 Å². The number of imidazole rings is 1. The maximum atomic E-state index is 13.5. The van der Waals surface area contributed by atoms with Crippen molar-refractivity contribution in [3.05, 3.63) is 81.2 Å². The van der Waals surface area contributed by atoms with Crippen LogP contribution in [0.4, 0.5) is 0 Å². The van der Waals surface area contributed by atoms with Crippen LogP contribution in [0.3, 0.4) is 0 Å². The largest absolute Gasteiger partial charge is 0.494 e. The summed E-state index contributed by atoms with van der Waals surface area (Å²) in [6.45, 7) is 11.9. The molecular formula is C42H51N9O9S. The zero-order valence-electron chi connectivity index (χ0n) is 34.9. The lowest BCUT2D eigenvalue weighted by atomic mass is 10.1. The summed E-state index contributed by atoms with van der Waals surface area (Å²) < 4.78 is 27.7. The second-order valence-corrected chi connectivity index (χ2v) is 14.7. The van der Waals surface area contributed by atoms with Crippen LogP contribution in [0.25, 0.3) is 27.3 Å². The topological polar surface area (TPSA) is 241 Å². The summed E-state index contributed by atoms with van der Waals surface area (Å²) in [6.07, 6.45) is 8.44. The number of thiazole rings is 1. The van der Waals surface area contributed by atoms with Gasteiger partial charge in [-0.3, -0.25) is 28.9 Å². The number of primary amides is 2. The highest BCUT2D eigenvalue weighted by molar-refractivity contribution is 7.16. The average molecular weight is 858 g/mol. The van der Waals surface area contributed by atoms with E-state index in [1.807, 2.05) is 35.1 Å². The van der Waals surface area contributed by atoms with Gasteiger partial charge in [-0.1, -0.05) is 37.3 Å². The summed E-state index contributed by atoms with van der Waals surface area (Å²) in [5.74, 6) is 0.479. The molecule has 5 N–H and O–H groups in total. The Bertz CT molecular complexity index is 2520. The first kappa shape index (κ1) is 45.6. The zero-order chi connectivity index (χ0) is 44.1. The van der Waals surface area contributed by atoms with Crippen molar-refractivity contribution in [3.8, 4) is 11.5 Å². The van der Waals surface area contributed by atoms with Gasteiger partial charge in [-0.2, -0.15) is 4.99 Å². The van der Waals surface area contributed by atoms with Gasteiger partial charge < -0.3 is 44.5 Å². The molecule has 5 aromatic rings. The number of morpholine rings is 1. The molecular weight excluding hydrogens is 807 g/mol. The van der Waals surface area contributed by atoms with Gasteiger partial charge in [0.05, 0.1) is 42.8 Å². The van der Waals surface area contributed by atoms with Gasteiger partial charge in [-0.05, 0) is 43.5 Å². The molecule has 4 amide bonds. The molecule has 0 saturated carbocycles. The Morgan fingerprint density at radius 2 is 1.74 bits per heavy atom. The first-order valence-corrected chi connectivity index (χ1v) is 20.5. The molecule has 3 aromatic heterocycles. The summed E-state index contributed by atoms with van der Waals surface area (Å²) >= 11 is 1.24. The molecule has 2 aromatic carbocycles. The predicted octanol–water partition coefficient (Wildman–Crippen LogP) is 3.92. The monoisotopic (exact) mass is 857 g/mol. The number of allylic oxidation sites excluding steroid dienone is 3. The highest BCUT2D eigenvalue weighted by Gasteiger charge is 2.21. The first-order valence-electron chi connectivity index (χ1n) is 19.7. The molecule has 6 rings (SSSR count). The number of oxazole rings is 1. The number of rotatable bonds is 17. The SMILES string of the molecule is CC/C(=C\c1nc2cc(C(N)=O)cc(OCCCN3CCOCC3)c2n1C/C=C/Cn1c(=NC(=O)c2oc(C)nc2CC)sc2cc(C=O)cc(OC)c21)NC(C)=O.NC=O. The molecule has 1 aliphatic heterocycles. The van der Waals surface area contributed by atoms with Crippen molar-refractivity contribution in [2.24, 2.45) is 16.5 Å². The number of hydrogen-bond donors (Lipinski definition) is 3. The minimum Gasteiger partial charge on any atom is -0.494 e. The third-order valence-electron chi connectivity index (χ3n) is 9.52. The maximum Gasteiger partial charge on any atom is 0.317 e. The lowest BCUT2D eigenvalue weighted by Crippen LogP contribution is -2.37. The van der Waals surface area contributed by atoms with E-state index in [9.17, 15) is 19.2 Å². The number of nitrogens with zero attached hydrogens (tertiary/aromatic N) is 6. The van der Waals surface area contributed by atoms with E-state index >= 15 is 0 Å². The van der Waals surface area contributed by atoms with E-state index < -0.39 is 11.8 Å². The Morgan fingerprint density at radius 3 is 2.38 bits per heavy atom. The first-order chi connectivity index (χ1) is 29.4. The van der Waals surface area contributed by atoms with Gasteiger partial charge in [0, 0.05) is 69.5 Å². The number of ether oxygens (including phenoxy) is 3. The van der Waals surface area contributed by atoms with Gasteiger partial charge in [0.2, 0.25) is 24.0 Å². The fourth-order valence-electron chi connectivity index (χ4n) is 6.74. The minimum absolute atomic E-state index is 0.0805. The second-order valence-electron chi connectivity index (χ2n) is 13.7. The van der Waals surface area contributed by atoms with Gasteiger partial charge in [0.25, 0.3) is 0 Å². The summed E-state index contributed by atoms with van der Waals surface area (Å²) in [5, 5.41) is 2.88. The lowest BCUT2D eigenvalue weighted by molar-refractivity contribution is -0.118. The number of carbonyl (C=O) groups is 5. The normalized spacial score (nSPS) is 13.7. The van der Waals surface area contributed by atoms with Crippen LogP contribution in [0, 0.1) is 6.92 Å². The summed E-state index contributed by atoms with van der Waals surface area (Å²) in [5.41, 5.74) is 13.6. The van der Waals surface area contributed by atoms with Crippen LogP contribution in [0.5, 0.6) is 11.5 Å². The summed E-state index contributed by atoms with van der Waals surface area (Å²) in [4.78, 5) is 74.8. The quantitative estimate of drug-likeness (QED) is 0.0685. The van der Waals surface area contributed by atoms with E-state index in [1.165, 1.54) is 25.4 Å². The van der Waals surface area contributed by atoms with Crippen LogP contribution in [-0.2, 0) is 33.8 Å². The number of fused-ring (bicyclic) bond motifs is 2. The van der Waals surface area contributed by atoms with Crippen molar-refractivity contribution in [2.75, 3.05) is 46.6 Å². The van der Waals surface area contributed by atoms with Gasteiger partial charge in [0.1, 0.15) is 34.6 Å². The van der Waals surface area contributed by atoms with E-state index in [0.29, 0.717) is 105 Å². The van der Waals surface area contributed by atoms with Crippen LogP contribution in [0.2, 0.25) is 0 Å². The van der Waals surface area contributed by atoms with Crippen molar-refractivity contribution >= 4 is 69.1 Å². The summed E-state index contributed by atoms with van der Waals surface area (Å²) in [7, 11) is 1.52. The number of hydrogen-bond acceptors (Lipinski definition) is 13. The summed E-state index contributed by atoms with van der Waals surface area (Å²) in [6, 6.07) is 6.65. The third kappa shape index (κ3) is 11.4. The molecule has 0 unspecified atom stereocenters. The standard InChI is InChI=1S/C41H48N8O8S.CH3NO/c1-6-29(43-25(3)51)23-35-45-31-21-28(39(42)52)22-33(56-16-10-11-47-14-17-55-18-15-47)36(31)48(35)12-8-9-13-49-37-32(54-5)19-27(24-50)20-34(37)58-41(49)46-40(53)38-30(7-2)44-26(4)57-38;2-1-3/h8-9,19-24H,6-7,10-18H2,1-5H3,(H2,42,52)(H,43,51);1H,(H2,2,3)/b9-8+,29-23+,46-41?;. The average Bonchev–Trinajstić information content (AvgIpc) is 3.92. The highest BCUT2D eigenvalue weighted by Crippen LogP contribution is 2.32. The fourth-order valence-corrected chi connectivity index (χ4v) is 7.85. The molecule has 18 nitrogen and oxygen atoms in total. The number of benzene rings is 2. The maximum absolute atomic E-state index is 13.5. The molecule has 324 valence electrons. The van der Waals surface area contributed by atoms with Gasteiger partial charge in [-0.25, -0.2) is 9.97 Å². The van der Waals surface area contributed by atoms with E-state index in [2.05, 4.69) is 25.9 Å². The zero-order valence-corrected chi connectivity index (χ0v) is 35.7. The van der Waals surface area contributed by atoms with Gasteiger partial charge >= 0.3 is 5.91 Å². The van der Waals surface area contributed by atoms with Crippen molar-refractivity contribution in [2.45, 2.75) is 60.0 Å².